The van der Waals surface area contributed by atoms with Crippen LogP contribution in [0.3, 0.4) is 0 Å². The maximum absolute atomic E-state index is 3.74. The minimum absolute atomic E-state index is 0.720. The Morgan fingerprint density at radius 2 is 2.06 bits per heavy atom. The third-order valence-electron chi connectivity index (χ3n) is 4.13. The van der Waals surface area contributed by atoms with Gasteiger partial charge in [0, 0.05) is 17.8 Å². The van der Waals surface area contributed by atoms with Crippen molar-refractivity contribution >= 4 is 11.8 Å². The molecule has 0 heterocycles. The van der Waals surface area contributed by atoms with Gasteiger partial charge in [0.05, 0.1) is 0 Å². The van der Waals surface area contributed by atoms with E-state index in [1.807, 2.05) is 11.8 Å². The van der Waals surface area contributed by atoms with Gasteiger partial charge in [-0.25, -0.2) is 0 Å². The van der Waals surface area contributed by atoms with E-state index in [4.69, 9.17) is 0 Å². The quantitative estimate of drug-likeness (QED) is 0.879. The van der Waals surface area contributed by atoms with Gasteiger partial charge in [-0.05, 0) is 56.1 Å². The normalized spacial score (nSPS) is 24.2. The van der Waals surface area contributed by atoms with Crippen molar-refractivity contribution in [1.29, 1.82) is 0 Å². The van der Waals surface area contributed by atoms with Gasteiger partial charge < -0.3 is 5.32 Å². The Hall–Kier alpha value is -0.470. The van der Waals surface area contributed by atoms with Crippen molar-refractivity contribution in [3.8, 4) is 0 Å². The lowest BCUT2D eigenvalue weighted by molar-refractivity contribution is 0.380. The molecule has 0 spiro atoms. The number of nitrogens with one attached hydrogen (secondary N) is 1. The van der Waals surface area contributed by atoms with Crippen molar-refractivity contribution in [2.75, 3.05) is 6.26 Å². The summed E-state index contributed by atoms with van der Waals surface area (Å²) in [6.45, 7) is 5.40. The molecule has 1 aromatic rings. The van der Waals surface area contributed by atoms with Gasteiger partial charge >= 0.3 is 0 Å². The molecule has 1 fully saturated rings. The van der Waals surface area contributed by atoms with Crippen molar-refractivity contribution < 1.29 is 0 Å². The Labute approximate surface area is 116 Å². The molecule has 0 aliphatic heterocycles. The minimum Gasteiger partial charge on any atom is -0.310 e. The lowest BCUT2D eigenvalue weighted by Crippen LogP contribution is -2.34. The zero-order valence-corrected chi connectivity index (χ0v) is 12.6. The Morgan fingerprint density at radius 3 is 2.78 bits per heavy atom. The van der Waals surface area contributed by atoms with Crippen molar-refractivity contribution in [1.82, 2.24) is 5.32 Å². The number of hydrogen-bond acceptors (Lipinski definition) is 2. The molecule has 2 unspecified atom stereocenters. The topological polar surface area (TPSA) is 12.0 Å². The van der Waals surface area contributed by atoms with Crippen LogP contribution in [0.2, 0.25) is 0 Å². The minimum atomic E-state index is 0.720. The lowest BCUT2D eigenvalue weighted by atomic mass is 9.94. The molecule has 1 N–H and O–H groups in total. The van der Waals surface area contributed by atoms with Gasteiger partial charge in [0.2, 0.25) is 0 Å². The Balaban J connectivity index is 1.85. The average Bonchev–Trinajstić information content (AvgIpc) is 2.40. The van der Waals surface area contributed by atoms with Crippen LogP contribution in [0.5, 0.6) is 0 Å². The van der Waals surface area contributed by atoms with Gasteiger partial charge in [-0.15, -0.1) is 0 Å². The van der Waals surface area contributed by atoms with Crippen LogP contribution in [0.4, 0.5) is 0 Å². The predicted octanol–water partition coefficient (Wildman–Crippen LogP) is 4.07. The molecule has 0 amide bonds. The zero-order chi connectivity index (χ0) is 13.0. The number of hydrogen-bond donors (Lipinski definition) is 1. The molecule has 1 aliphatic rings. The van der Waals surface area contributed by atoms with Crippen LogP contribution in [-0.2, 0) is 6.54 Å². The van der Waals surface area contributed by atoms with E-state index in [1.54, 1.807) is 0 Å². The largest absolute Gasteiger partial charge is 0.310 e. The molecule has 100 valence electrons. The zero-order valence-electron chi connectivity index (χ0n) is 11.8. The van der Waals surface area contributed by atoms with Gasteiger partial charge in [-0.2, -0.15) is 11.8 Å². The highest BCUT2D eigenvalue weighted by atomic mass is 32.2. The summed E-state index contributed by atoms with van der Waals surface area (Å²) < 4.78 is 0. The molecule has 0 aromatic heterocycles. The van der Waals surface area contributed by atoms with Gasteiger partial charge in [0.25, 0.3) is 0 Å². The predicted molar refractivity (Wildman–Crippen MR) is 82.3 cm³/mol. The van der Waals surface area contributed by atoms with E-state index in [-0.39, 0.29) is 0 Å². The maximum atomic E-state index is 3.74. The van der Waals surface area contributed by atoms with Crippen molar-refractivity contribution in [3.05, 3.63) is 34.9 Å². The van der Waals surface area contributed by atoms with Gasteiger partial charge in [-0.3, -0.25) is 0 Å². The van der Waals surface area contributed by atoms with Crippen LogP contribution in [0.15, 0.2) is 18.2 Å². The molecule has 0 saturated heterocycles. The summed E-state index contributed by atoms with van der Waals surface area (Å²) in [6, 6.07) is 7.53. The highest BCUT2D eigenvalue weighted by Gasteiger charge is 2.20. The van der Waals surface area contributed by atoms with Gasteiger partial charge in [0.15, 0.2) is 0 Å². The van der Waals surface area contributed by atoms with E-state index in [9.17, 15) is 0 Å². The van der Waals surface area contributed by atoms with E-state index in [1.165, 1.54) is 42.4 Å². The molecule has 2 heteroatoms. The number of rotatable bonds is 4. The summed E-state index contributed by atoms with van der Waals surface area (Å²) in [5, 5.41) is 4.61. The monoisotopic (exact) mass is 263 g/mol. The van der Waals surface area contributed by atoms with E-state index < -0.39 is 0 Å². The van der Waals surface area contributed by atoms with Crippen LogP contribution in [0.25, 0.3) is 0 Å². The number of thioether (sulfide) groups is 1. The fourth-order valence-corrected chi connectivity index (χ4v) is 3.55. The Bertz CT molecular complexity index is 389. The van der Waals surface area contributed by atoms with Crippen LogP contribution in [-0.4, -0.2) is 17.5 Å². The second kappa shape index (κ2) is 6.63. The fraction of sp³-hybridized carbons (Fsp3) is 0.625. The standard InChI is InChI=1S/C16H25NS/c1-12-7-8-14(9-13(12)2)11-17-15-5-4-6-16(10-15)18-3/h7-9,15-17H,4-6,10-11H2,1-3H3. The Kier molecular flexibility index (Phi) is 5.13. The highest BCUT2D eigenvalue weighted by molar-refractivity contribution is 7.99. The molecule has 0 radical (unpaired) electrons. The fourth-order valence-electron chi connectivity index (χ4n) is 2.72. The van der Waals surface area contributed by atoms with Crippen LogP contribution < -0.4 is 5.32 Å². The van der Waals surface area contributed by atoms with Crippen LogP contribution in [0, 0.1) is 13.8 Å². The maximum Gasteiger partial charge on any atom is 0.0208 e. The first kappa shape index (κ1) is 14.0. The van der Waals surface area contributed by atoms with E-state index in [0.29, 0.717) is 0 Å². The lowest BCUT2D eigenvalue weighted by Gasteiger charge is -2.28. The molecule has 1 aromatic carbocycles. The first-order valence-electron chi connectivity index (χ1n) is 7.01. The van der Waals surface area contributed by atoms with Crippen molar-refractivity contribution in [2.45, 2.75) is 57.4 Å². The molecule has 18 heavy (non-hydrogen) atoms. The highest BCUT2D eigenvalue weighted by Crippen LogP contribution is 2.27. The summed E-state index contributed by atoms with van der Waals surface area (Å²) in [4.78, 5) is 0. The van der Waals surface area contributed by atoms with E-state index in [2.05, 4.69) is 43.6 Å². The molecule has 0 bridgehead atoms. The van der Waals surface area contributed by atoms with E-state index >= 15 is 0 Å². The van der Waals surface area contributed by atoms with E-state index in [0.717, 1.165) is 17.8 Å². The third kappa shape index (κ3) is 3.76. The smallest absolute Gasteiger partial charge is 0.0208 e. The first-order valence-corrected chi connectivity index (χ1v) is 8.30. The summed E-state index contributed by atoms with van der Waals surface area (Å²) in [6.07, 6.45) is 7.73. The van der Waals surface area contributed by atoms with Gasteiger partial charge in [-0.1, -0.05) is 24.6 Å². The first-order chi connectivity index (χ1) is 8.69. The molecular formula is C16H25NS. The van der Waals surface area contributed by atoms with Crippen LogP contribution in [0.1, 0.15) is 42.4 Å². The molecule has 1 saturated carbocycles. The Morgan fingerprint density at radius 1 is 1.22 bits per heavy atom. The molecule has 1 aliphatic carbocycles. The number of aryl methyl sites for hydroxylation is 2. The average molecular weight is 263 g/mol. The SMILES string of the molecule is CSC1CCCC(NCc2ccc(C)c(C)c2)C1. The molecule has 2 rings (SSSR count). The summed E-state index contributed by atoms with van der Waals surface area (Å²) in [5.41, 5.74) is 4.21. The van der Waals surface area contributed by atoms with Gasteiger partial charge in [0.1, 0.15) is 0 Å². The van der Waals surface area contributed by atoms with Crippen LogP contribution >= 0.6 is 11.8 Å². The second-order valence-corrected chi connectivity index (χ2v) is 6.66. The second-order valence-electron chi connectivity index (χ2n) is 5.52. The summed E-state index contributed by atoms with van der Waals surface area (Å²) in [5.74, 6) is 0. The van der Waals surface area contributed by atoms with Crippen molar-refractivity contribution in [2.24, 2.45) is 0 Å². The third-order valence-corrected chi connectivity index (χ3v) is 5.22. The van der Waals surface area contributed by atoms with Crippen molar-refractivity contribution in [3.63, 3.8) is 0 Å². The molecule has 1 nitrogen and oxygen atoms in total. The molecule has 2 atom stereocenters. The number of benzene rings is 1. The summed E-state index contributed by atoms with van der Waals surface area (Å²) in [7, 11) is 0. The molecular weight excluding hydrogens is 238 g/mol. The summed E-state index contributed by atoms with van der Waals surface area (Å²) >= 11 is 2.04.